The summed E-state index contributed by atoms with van der Waals surface area (Å²) in [5.74, 6) is -0.387. The molecule has 1 fully saturated rings. The molecule has 1 saturated heterocycles. The van der Waals surface area contributed by atoms with Crippen molar-refractivity contribution in [3.8, 4) is 0 Å². The molecule has 0 saturated carbocycles. The summed E-state index contributed by atoms with van der Waals surface area (Å²) in [7, 11) is 0. The van der Waals surface area contributed by atoms with Crippen molar-refractivity contribution in [2.45, 2.75) is 6.54 Å². The van der Waals surface area contributed by atoms with Crippen LogP contribution < -0.4 is 10.9 Å². The molecule has 4 rings (SSSR count). The van der Waals surface area contributed by atoms with Gasteiger partial charge < -0.3 is 15.2 Å². The molecule has 1 aromatic carbocycles. The number of anilines is 1. The Labute approximate surface area is 204 Å². The lowest BCUT2D eigenvalue weighted by Gasteiger charge is -2.14. The Morgan fingerprint density at radius 1 is 1.18 bits per heavy atom. The lowest BCUT2D eigenvalue weighted by molar-refractivity contribution is -0.122. The minimum Gasteiger partial charge on any atom is -0.394 e. The van der Waals surface area contributed by atoms with Gasteiger partial charge in [-0.15, -0.1) is 0 Å². The van der Waals surface area contributed by atoms with Crippen LogP contribution in [0.25, 0.3) is 11.7 Å². The van der Waals surface area contributed by atoms with Crippen molar-refractivity contribution in [2.24, 2.45) is 0 Å². The van der Waals surface area contributed by atoms with Gasteiger partial charge in [0.05, 0.1) is 36.8 Å². The van der Waals surface area contributed by atoms with Gasteiger partial charge in [0.25, 0.3) is 11.5 Å². The van der Waals surface area contributed by atoms with Gasteiger partial charge in [-0.3, -0.25) is 18.9 Å². The quantitative estimate of drug-likeness (QED) is 0.263. The van der Waals surface area contributed by atoms with E-state index in [1.54, 1.807) is 36.5 Å². The summed E-state index contributed by atoms with van der Waals surface area (Å²) in [6, 6.07) is 11.0. The number of halogens is 1. The molecule has 176 valence electrons. The highest BCUT2D eigenvalue weighted by atomic mass is 32.2. The number of amides is 1. The number of benzene rings is 1. The molecule has 1 aliphatic heterocycles. The van der Waals surface area contributed by atoms with E-state index < -0.39 is 0 Å². The highest BCUT2D eigenvalue weighted by Crippen LogP contribution is 2.34. The number of nitrogens with one attached hydrogen (secondary N) is 1. The second-order valence-corrected chi connectivity index (χ2v) is 8.94. The van der Waals surface area contributed by atoms with E-state index in [2.05, 4.69) is 10.3 Å². The zero-order valence-corrected chi connectivity index (χ0v) is 19.6. The predicted molar refractivity (Wildman–Crippen MR) is 133 cm³/mol. The van der Waals surface area contributed by atoms with E-state index in [1.807, 2.05) is 0 Å². The normalized spacial score (nSPS) is 15.0. The van der Waals surface area contributed by atoms with E-state index in [0.29, 0.717) is 33.8 Å². The number of hydrogen-bond acceptors (Lipinski definition) is 8. The smallest absolute Gasteiger partial charge is 0.267 e. The van der Waals surface area contributed by atoms with Gasteiger partial charge in [0.1, 0.15) is 21.6 Å². The molecule has 1 aliphatic rings. The summed E-state index contributed by atoms with van der Waals surface area (Å²) in [5, 5.41) is 11.9. The predicted octanol–water partition coefficient (Wildman–Crippen LogP) is 2.66. The first kappa shape index (κ1) is 24.0. The fourth-order valence-corrected chi connectivity index (χ4v) is 4.55. The Morgan fingerprint density at radius 3 is 2.74 bits per heavy atom. The fraction of sp³-hybridized carbons (Fsp3) is 0.217. The van der Waals surface area contributed by atoms with Crippen molar-refractivity contribution in [2.75, 3.05) is 31.7 Å². The van der Waals surface area contributed by atoms with Crippen LogP contribution in [0.1, 0.15) is 11.1 Å². The van der Waals surface area contributed by atoms with Crippen LogP contribution in [0.4, 0.5) is 10.2 Å². The highest BCUT2D eigenvalue weighted by Gasteiger charge is 2.32. The van der Waals surface area contributed by atoms with E-state index in [0.717, 1.165) is 17.3 Å². The van der Waals surface area contributed by atoms with Gasteiger partial charge >= 0.3 is 0 Å². The van der Waals surface area contributed by atoms with Crippen molar-refractivity contribution < 1.29 is 19.0 Å². The summed E-state index contributed by atoms with van der Waals surface area (Å²) < 4.78 is 20.2. The molecule has 8 nitrogen and oxygen atoms in total. The van der Waals surface area contributed by atoms with Crippen LogP contribution in [0, 0.1) is 5.82 Å². The third-order valence-corrected chi connectivity index (χ3v) is 6.32. The largest absolute Gasteiger partial charge is 0.394 e. The van der Waals surface area contributed by atoms with Crippen molar-refractivity contribution >= 4 is 51.7 Å². The highest BCUT2D eigenvalue weighted by molar-refractivity contribution is 8.26. The van der Waals surface area contributed by atoms with Gasteiger partial charge in [-0.2, -0.15) is 0 Å². The minimum atomic E-state index is -0.361. The average Bonchev–Trinajstić information content (AvgIpc) is 3.10. The number of fused-ring (bicyclic) bond motifs is 1. The molecular weight excluding hydrogens is 479 g/mol. The lowest BCUT2D eigenvalue weighted by Crippen LogP contribution is -2.27. The zero-order chi connectivity index (χ0) is 24.1. The Morgan fingerprint density at radius 2 is 1.97 bits per heavy atom. The Bertz CT molecular complexity index is 1310. The van der Waals surface area contributed by atoms with Crippen molar-refractivity contribution in [1.29, 1.82) is 0 Å². The summed E-state index contributed by atoms with van der Waals surface area (Å²) in [5.41, 5.74) is 1.06. The molecular formula is C23H21FN4O4S2. The van der Waals surface area contributed by atoms with Crippen LogP contribution in [0.5, 0.6) is 0 Å². The number of nitrogens with zero attached hydrogens (tertiary/aromatic N) is 3. The van der Waals surface area contributed by atoms with Crippen LogP contribution in [-0.4, -0.2) is 56.0 Å². The molecule has 0 aliphatic carbocycles. The zero-order valence-electron chi connectivity index (χ0n) is 17.9. The molecule has 0 radical (unpaired) electrons. The number of aliphatic hydroxyl groups is 1. The summed E-state index contributed by atoms with van der Waals surface area (Å²) in [6.07, 6.45) is 3.10. The van der Waals surface area contributed by atoms with E-state index in [1.165, 1.54) is 27.5 Å². The second-order valence-electron chi connectivity index (χ2n) is 7.27. The number of rotatable bonds is 9. The maximum atomic E-state index is 13.2. The van der Waals surface area contributed by atoms with E-state index in [4.69, 9.17) is 22.1 Å². The topological polar surface area (TPSA) is 96.2 Å². The minimum absolute atomic E-state index is 0.0828. The van der Waals surface area contributed by atoms with Crippen LogP contribution in [0.15, 0.2) is 58.4 Å². The van der Waals surface area contributed by atoms with E-state index in [-0.39, 0.29) is 42.6 Å². The Kier molecular flexibility index (Phi) is 7.68. The van der Waals surface area contributed by atoms with Crippen molar-refractivity contribution in [3.63, 3.8) is 0 Å². The van der Waals surface area contributed by atoms with Gasteiger partial charge in [-0.25, -0.2) is 9.37 Å². The van der Waals surface area contributed by atoms with Gasteiger partial charge in [0, 0.05) is 12.7 Å². The number of aromatic nitrogens is 2. The van der Waals surface area contributed by atoms with Gasteiger partial charge in [0.15, 0.2) is 0 Å². The third-order valence-electron chi connectivity index (χ3n) is 4.95. The van der Waals surface area contributed by atoms with Crippen LogP contribution in [-0.2, 0) is 16.1 Å². The molecule has 3 heterocycles. The first-order valence-corrected chi connectivity index (χ1v) is 11.6. The number of thiocarbonyl (C=S) groups is 1. The first-order chi connectivity index (χ1) is 16.5. The van der Waals surface area contributed by atoms with Crippen molar-refractivity contribution in [3.05, 3.63) is 80.9 Å². The second kappa shape index (κ2) is 10.9. The number of carbonyl (C=O) groups excluding carboxylic acids is 1. The van der Waals surface area contributed by atoms with E-state index in [9.17, 15) is 14.0 Å². The molecule has 2 aromatic heterocycles. The molecule has 2 N–H and O–H groups in total. The van der Waals surface area contributed by atoms with E-state index >= 15 is 0 Å². The number of aliphatic hydroxyl groups excluding tert-OH is 1. The average molecular weight is 501 g/mol. The first-order valence-electron chi connectivity index (χ1n) is 10.4. The monoisotopic (exact) mass is 500 g/mol. The molecule has 0 atom stereocenters. The van der Waals surface area contributed by atoms with Crippen molar-refractivity contribution in [1.82, 2.24) is 14.3 Å². The van der Waals surface area contributed by atoms with Gasteiger partial charge in [0.2, 0.25) is 0 Å². The summed E-state index contributed by atoms with van der Waals surface area (Å²) in [4.78, 5) is 32.6. The number of pyridine rings is 1. The summed E-state index contributed by atoms with van der Waals surface area (Å²) in [6.45, 7) is 0.974. The molecule has 0 spiro atoms. The third kappa shape index (κ3) is 5.33. The number of carbonyl (C=O) groups is 1. The molecule has 34 heavy (non-hydrogen) atoms. The number of thioether (sulfide) groups is 1. The molecule has 11 heteroatoms. The number of hydrogen-bond donors (Lipinski definition) is 2. The van der Waals surface area contributed by atoms with Gasteiger partial charge in [-0.1, -0.05) is 42.2 Å². The fourth-order valence-electron chi connectivity index (χ4n) is 3.32. The molecule has 1 amide bonds. The Balaban J connectivity index is 1.64. The SMILES string of the molecule is O=C1/C(=C/c2c(NCCOCCO)nc3ccccn3c2=O)SC(=S)N1Cc1ccc(F)cc1. The maximum Gasteiger partial charge on any atom is 0.267 e. The molecule has 0 bridgehead atoms. The number of ether oxygens (including phenoxy) is 1. The molecule has 3 aromatic rings. The summed E-state index contributed by atoms with van der Waals surface area (Å²) >= 11 is 6.49. The van der Waals surface area contributed by atoms with Crippen LogP contribution >= 0.6 is 24.0 Å². The van der Waals surface area contributed by atoms with Crippen LogP contribution in [0.2, 0.25) is 0 Å². The molecule has 0 unspecified atom stereocenters. The van der Waals surface area contributed by atoms with Gasteiger partial charge in [-0.05, 0) is 35.9 Å². The standard InChI is InChI=1S/C23H21FN4O4S2/c24-16-6-4-15(5-7-16)14-28-22(31)18(34-23(28)33)13-17-20(25-8-11-32-12-10-29)26-19-3-1-2-9-27(19)21(17)30/h1-7,9,13,25,29H,8,10-12,14H2/b18-13-. The van der Waals surface area contributed by atoms with Crippen LogP contribution in [0.3, 0.4) is 0 Å². The Hall–Kier alpha value is -3.12. The lowest BCUT2D eigenvalue weighted by atomic mass is 10.2. The maximum absolute atomic E-state index is 13.2.